The topological polar surface area (TPSA) is 74.3 Å². The second kappa shape index (κ2) is 5.49. The predicted octanol–water partition coefficient (Wildman–Crippen LogP) is 0.596. The smallest absolute Gasteiger partial charge is 0.233 e. The van der Waals surface area contributed by atoms with Gasteiger partial charge in [0.15, 0.2) is 5.13 Å². The summed E-state index contributed by atoms with van der Waals surface area (Å²) in [5.74, 6) is 0.319. The molecule has 1 fully saturated rings. The van der Waals surface area contributed by atoms with E-state index in [0.717, 1.165) is 42.9 Å². The van der Waals surface area contributed by atoms with Crippen LogP contribution >= 0.6 is 11.3 Å². The Balaban J connectivity index is 1.63. The van der Waals surface area contributed by atoms with Crippen LogP contribution in [-0.2, 0) is 22.6 Å². The van der Waals surface area contributed by atoms with Crippen molar-refractivity contribution < 1.29 is 9.59 Å². The minimum atomic E-state index is 0.0280. The minimum Gasteiger partial charge on any atom is -0.358 e. The molecule has 2 amide bonds. The summed E-state index contributed by atoms with van der Waals surface area (Å²) in [4.78, 5) is 30.9. The van der Waals surface area contributed by atoms with Crippen LogP contribution in [0.5, 0.6) is 0 Å². The van der Waals surface area contributed by atoms with Gasteiger partial charge < -0.3 is 10.6 Å². The molecule has 2 heterocycles. The molecule has 2 aliphatic rings. The molecule has 0 atom stereocenters. The maximum atomic E-state index is 11.7. The normalized spacial score (nSPS) is 18.4. The number of anilines is 1. The average Bonchev–Trinajstić information content (AvgIpc) is 3.20. The number of fused-ring (bicyclic) bond motifs is 1. The van der Waals surface area contributed by atoms with Crippen LogP contribution < -0.4 is 10.6 Å². The molecule has 1 aromatic heterocycles. The van der Waals surface area contributed by atoms with E-state index in [9.17, 15) is 9.59 Å². The molecule has 0 unspecified atom stereocenters. The van der Waals surface area contributed by atoms with Gasteiger partial charge in [-0.3, -0.25) is 14.5 Å². The SMILES string of the molecule is CNC(=O)CN1CCc2nc(NC(=O)C3CC3)sc2C1. The zero-order chi connectivity index (χ0) is 14.1. The monoisotopic (exact) mass is 294 g/mol. The van der Waals surface area contributed by atoms with Crippen molar-refractivity contribution in [1.29, 1.82) is 0 Å². The van der Waals surface area contributed by atoms with E-state index in [0.29, 0.717) is 11.7 Å². The third kappa shape index (κ3) is 2.99. The van der Waals surface area contributed by atoms with Gasteiger partial charge >= 0.3 is 0 Å². The van der Waals surface area contributed by atoms with Crippen molar-refractivity contribution >= 4 is 28.3 Å². The quantitative estimate of drug-likeness (QED) is 0.852. The molecule has 0 bridgehead atoms. The maximum absolute atomic E-state index is 11.7. The van der Waals surface area contributed by atoms with E-state index in [1.54, 1.807) is 7.05 Å². The highest BCUT2D eigenvalue weighted by molar-refractivity contribution is 7.15. The summed E-state index contributed by atoms with van der Waals surface area (Å²) in [6.07, 6.45) is 2.83. The summed E-state index contributed by atoms with van der Waals surface area (Å²) in [6.45, 7) is 1.98. The van der Waals surface area contributed by atoms with Crippen molar-refractivity contribution in [3.05, 3.63) is 10.6 Å². The largest absolute Gasteiger partial charge is 0.358 e. The van der Waals surface area contributed by atoms with Crippen LogP contribution in [0.2, 0.25) is 0 Å². The maximum Gasteiger partial charge on any atom is 0.233 e. The third-order valence-electron chi connectivity index (χ3n) is 3.63. The lowest BCUT2D eigenvalue weighted by Gasteiger charge is -2.24. The summed E-state index contributed by atoms with van der Waals surface area (Å²) in [5, 5.41) is 6.24. The van der Waals surface area contributed by atoms with Crippen molar-refractivity contribution in [1.82, 2.24) is 15.2 Å². The lowest BCUT2D eigenvalue weighted by Crippen LogP contribution is -2.38. The van der Waals surface area contributed by atoms with Crippen molar-refractivity contribution in [2.24, 2.45) is 5.92 Å². The first-order valence-electron chi connectivity index (χ1n) is 6.88. The van der Waals surface area contributed by atoms with Gasteiger partial charge in [0.1, 0.15) is 0 Å². The van der Waals surface area contributed by atoms with Gasteiger partial charge in [0.05, 0.1) is 12.2 Å². The average molecular weight is 294 g/mol. The standard InChI is InChI=1S/C13H18N4O2S/c1-14-11(18)7-17-5-4-9-10(6-17)20-13(15-9)16-12(19)8-2-3-8/h8H,2-7H2,1H3,(H,14,18)(H,15,16,19). The highest BCUT2D eigenvalue weighted by Crippen LogP contribution is 2.32. The Morgan fingerprint density at radius 1 is 1.45 bits per heavy atom. The van der Waals surface area contributed by atoms with E-state index >= 15 is 0 Å². The summed E-state index contributed by atoms with van der Waals surface area (Å²) in [7, 11) is 1.65. The Labute approximate surface area is 121 Å². The van der Waals surface area contributed by atoms with Gasteiger partial charge in [0.2, 0.25) is 11.8 Å². The predicted molar refractivity (Wildman–Crippen MR) is 76.5 cm³/mol. The summed E-state index contributed by atoms with van der Waals surface area (Å²) < 4.78 is 0. The number of carbonyl (C=O) groups is 2. The van der Waals surface area contributed by atoms with Crippen molar-refractivity contribution in [3.63, 3.8) is 0 Å². The second-order valence-corrected chi connectivity index (χ2v) is 6.37. The number of hydrogen-bond acceptors (Lipinski definition) is 5. The molecule has 7 heteroatoms. The highest BCUT2D eigenvalue weighted by Gasteiger charge is 2.30. The number of nitrogens with zero attached hydrogens (tertiary/aromatic N) is 2. The van der Waals surface area contributed by atoms with Crippen LogP contribution in [0.1, 0.15) is 23.4 Å². The van der Waals surface area contributed by atoms with Crippen molar-refractivity contribution in [2.45, 2.75) is 25.8 Å². The molecule has 3 rings (SSSR count). The molecule has 6 nitrogen and oxygen atoms in total. The first-order valence-corrected chi connectivity index (χ1v) is 7.69. The molecule has 1 aliphatic carbocycles. The third-order valence-corrected chi connectivity index (χ3v) is 4.63. The van der Waals surface area contributed by atoms with Crippen LogP contribution in [-0.4, -0.2) is 41.8 Å². The summed E-state index contributed by atoms with van der Waals surface area (Å²) >= 11 is 1.53. The molecule has 0 aromatic carbocycles. The van der Waals surface area contributed by atoms with Crippen LogP contribution in [0.15, 0.2) is 0 Å². The Kier molecular flexibility index (Phi) is 3.71. The van der Waals surface area contributed by atoms with E-state index in [1.807, 2.05) is 0 Å². The molecule has 0 saturated heterocycles. The number of nitrogens with one attached hydrogen (secondary N) is 2. The van der Waals surface area contributed by atoms with Gasteiger partial charge in [0, 0.05) is 37.4 Å². The molecule has 0 spiro atoms. The Bertz CT molecular complexity index is 538. The van der Waals surface area contributed by atoms with Gasteiger partial charge in [-0.1, -0.05) is 0 Å². The number of hydrogen-bond donors (Lipinski definition) is 2. The zero-order valence-electron chi connectivity index (χ0n) is 11.4. The number of thiazole rings is 1. The van der Waals surface area contributed by atoms with Crippen molar-refractivity contribution in [3.8, 4) is 0 Å². The van der Waals surface area contributed by atoms with Crippen LogP contribution in [0.25, 0.3) is 0 Å². The van der Waals surface area contributed by atoms with E-state index in [-0.39, 0.29) is 17.7 Å². The Morgan fingerprint density at radius 3 is 2.95 bits per heavy atom. The van der Waals surface area contributed by atoms with Gasteiger partial charge in [-0.05, 0) is 12.8 Å². The molecule has 1 saturated carbocycles. The fourth-order valence-corrected chi connectivity index (χ4v) is 3.33. The van der Waals surface area contributed by atoms with E-state index in [2.05, 4.69) is 20.5 Å². The van der Waals surface area contributed by atoms with Crippen LogP contribution in [0.4, 0.5) is 5.13 Å². The fraction of sp³-hybridized carbons (Fsp3) is 0.615. The summed E-state index contributed by atoms with van der Waals surface area (Å²) in [6, 6.07) is 0. The molecule has 2 N–H and O–H groups in total. The molecular formula is C13H18N4O2S. The molecule has 20 heavy (non-hydrogen) atoms. The number of rotatable bonds is 4. The molecule has 0 radical (unpaired) electrons. The molecule has 108 valence electrons. The Morgan fingerprint density at radius 2 is 2.25 bits per heavy atom. The van der Waals surface area contributed by atoms with Crippen LogP contribution in [0, 0.1) is 5.92 Å². The summed E-state index contributed by atoms with van der Waals surface area (Å²) in [5.41, 5.74) is 1.06. The second-order valence-electron chi connectivity index (χ2n) is 5.29. The lowest BCUT2D eigenvalue weighted by molar-refractivity contribution is -0.122. The van der Waals surface area contributed by atoms with Gasteiger partial charge in [-0.2, -0.15) is 0 Å². The lowest BCUT2D eigenvalue weighted by atomic mass is 10.2. The molecule has 1 aromatic rings. The minimum absolute atomic E-state index is 0.0280. The Hall–Kier alpha value is -1.47. The molecular weight excluding hydrogens is 276 g/mol. The van der Waals surface area contributed by atoms with Gasteiger partial charge in [0.25, 0.3) is 0 Å². The van der Waals surface area contributed by atoms with Gasteiger partial charge in [-0.15, -0.1) is 11.3 Å². The van der Waals surface area contributed by atoms with Crippen molar-refractivity contribution in [2.75, 3.05) is 25.5 Å². The van der Waals surface area contributed by atoms with E-state index in [4.69, 9.17) is 0 Å². The number of amides is 2. The van der Waals surface area contributed by atoms with E-state index in [1.165, 1.54) is 11.3 Å². The number of aromatic nitrogens is 1. The first kappa shape index (κ1) is 13.5. The van der Waals surface area contributed by atoms with E-state index < -0.39 is 0 Å². The zero-order valence-corrected chi connectivity index (χ0v) is 12.3. The first-order chi connectivity index (χ1) is 9.65. The number of carbonyl (C=O) groups excluding carboxylic acids is 2. The van der Waals surface area contributed by atoms with Crippen LogP contribution in [0.3, 0.4) is 0 Å². The van der Waals surface area contributed by atoms with Gasteiger partial charge in [-0.25, -0.2) is 4.98 Å². The highest BCUT2D eigenvalue weighted by atomic mass is 32.1. The fourth-order valence-electron chi connectivity index (χ4n) is 2.27. The molecule has 1 aliphatic heterocycles. The number of likely N-dealkylation sites (N-methyl/N-ethyl adjacent to an activating group) is 1.